The van der Waals surface area contributed by atoms with Gasteiger partial charge in [0.15, 0.2) is 5.82 Å². The fourth-order valence-corrected chi connectivity index (χ4v) is 2.95. The predicted molar refractivity (Wildman–Crippen MR) is 107 cm³/mol. The van der Waals surface area contributed by atoms with Crippen molar-refractivity contribution in [1.82, 2.24) is 25.4 Å². The van der Waals surface area contributed by atoms with E-state index in [1.54, 1.807) is 25.6 Å². The summed E-state index contributed by atoms with van der Waals surface area (Å²) in [7, 11) is 1.59. The van der Waals surface area contributed by atoms with E-state index in [0.717, 1.165) is 11.3 Å². The predicted octanol–water partition coefficient (Wildman–Crippen LogP) is 2.16. The van der Waals surface area contributed by atoms with Crippen molar-refractivity contribution in [1.29, 1.82) is 0 Å². The molecule has 0 aliphatic heterocycles. The Labute approximate surface area is 168 Å². The maximum atomic E-state index is 12.5. The van der Waals surface area contributed by atoms with Crippen molar-refractivity contribution in [2.75, 3.05) is 7.11 Å². The average Bonchev–Trinajstić information content (AvgIpc) is 3.21. The number of nitrogens with one attached hydrogen (secondary N) is 2. The molecule has 3 rings (SSSR count). The van der Waals surface area contributed by atoms with Crippen LogP contribution in [0.1, 0.15) is 30.8 Å². The van der Waals surface area contributed by atoms with Crippen molar-refractivity contribution in [3.05, 3.63) is 72.3 Å². The van der Waals surface area contributed by atoms with Crippen LogP contribution < -0.4 is 15.4 Å². The minimum atomic E-state index is -0.439. The summed E-state index contributed by atoms with van der Waals surface area (Å²) in [6.07, 6.45) is 1.71. The monoisotopic (exact) mass is 393 g/mol. The molecule has 1 aromatic heterocycles. The zero-order valence-electron chi connectivity index (χ0n) is 16.3. The van der Waals surface area contributed by atoms with Crippen LogP contribution in [-0.2, 0) is 16.1 Å². The SMILES string of the molecule is COc1ccc(C(CC(=O)NCc2nncn2-c2ccccc2)NC(C)=O)cc1. The van der Waals surface area contributed by atoms with Gasteiger partial charge in [-0.1, -0.05) is 30.3 Å². The Morgan fingerprint density at radius 1 is 1.10 bits per heavy atom. The molecule has 0 aliphatic rings. The van der Waals surface area contributed by atoms with E-state index in [-0.39, 0.29) is 24.8 Å². The van der Waals surface area contributed by atoms with Crippen LogP contribution in [0.2, 0.25) is 0 Å². The highest BCUT2D eigenvalue weighted by atomic mass is 16.5. The zero-order chi connectivity index (χ0) is 20.6. The molecule has 3 aromatic rings. The van der Waals surface area contributed by atoms with Crippen molar-refractivity contribution in [3.8, 4) is 11.4 Å². The molecule has 8 heteroatoms. The largest absolute Gasteiger partial charge is 0.497 e. The lowest BCUT2D eigenvalue weighted by Gasteiger charge is -2.18. The summed E-state index contributed by atoms with van der Waals surface area (Å²) < 4.78 is 6.97. The van der Waals surface area contributed by atoms with Gasteiger partial charge in [-0.2, -0.15) is 0 Å². The number of hydrogen-bond donors (Lipinski definition) is 2. The van der Waals surface area contributed by atoms with E-state index in [1.807, 2.05) is 47.0 Å². The normalized spacial score (nSPS) is 11.5. The van der Waals surface area contributed by atoms with E-state index < -0.39 is 6.04 Å². The second kappa shape index (κ2) is 9.50. The number of methoxy groups -OCH3 is 1. The number of nitrogens with zero attached hydrogens (tertiary/aromatic N) is 3. The first-order valence-corrected chi connectivity index (χ1v) is 9.19. The minimum absolute atomic E-state index is 0.103. The van der Waals surface area contributed by atoms with E-state index in [2.05, 4.69) is 20.8 Å². The van der Waals surface area contributed by atoms with E-state index >= 15 is 0 Å². The number of carbonyl (C=O) groups is 2. The van der Waals surface area contributed by atoms with E-state index in [4.69, 9.17) is 4.74 Å². The Hall–Kier alpha value is -3.68. The van der Waals surface area contributed by atoms with E-state index in [1.165, 1.54) is 6.92 Å². The maximum Gasteiger partial charge on any atom is 0.222 e. The highest BCUT2D eigenvalue weighted by molar-refractivity contribution is 5.79. The number of para-hydroxylation sites is 1. The number of amides is 2. The van der Waals surface area contributed by atoms with Crippen molar-refractivity contribution in [3.63, 3.8) is 0 Å². The lowest BCUT2D eigenvalue weighted by atomic mass is 10.0. The third kappa shape index (κ3) is 5.41. The summed E-state index contributed by atoms with van der Waals surface area (Å²) in [5, 5.41) is 13.7. The molecule has 0 aliphatic carbocycles. The van der Waals surface area contributed by atoms with Gasteiger partial charge in [0.2, 0.25) is 11.8 Å². The smallest absolute Gasteiger partial charge is 0.222 e. The fraction of sp³-hybridized carbons (Fsp3) is 0.238. The van der Waals surface area contributed by atoms with Gasteiger partial charge in [-0.15, -0.1) is 10.2 Å². The fourth-order valence-electron chi connectivity index (χ4n) is 2.95. The molecule has 0 saturated heterocycles. The van der Waals surface area contributed by atoms with Crippen molar-refractivity contribution in [2.24, 2.45) is 0 Å². The number of hydrogen-bond acceptors (Lipinski definition) is 5. The highest BCUT2D eigenvalue weighted by Gasteiger charge is 2.18. The van der Waals surface area contributed by atoms with Gasteiger partial charge in [0.05, 0.1) is 26.1 Å². The van der Waals surface area contributed by atoms with Crippen molar-refractivity contribution >= 4 is 11.8 Å². The van der Waals surface area contributed by atoms with Gasteiger partial charge in [0.1, 0.15) is 12.1 Å². The second-order valence-corrected chi connectivity index (χ2v) is 6.46. The standard InChI is InChI=1S/C21H23N5O3/c1-15(27)24-19(16-8-10-18(29-2)11-9-16)12-21(28)22-13-20-25-23-14-26(20)17-6-4-3-5-7-17/h3-11,14,19H,12-13H2,1-2H3,(H,22,28)(H,24,27). The molecule has 0 saturated carbocycles. The molecule has 2 N–H and O–H groups in total. The summed E-state index contributed by atoms with van der Waals surface area (Å²) in [5.41, 5.74) is 1.74. The Morgan fingerprint density at radius 3 is 2.48 bits per heavy atom. The van der Waals surface area contributed by atoms with Gasteiger partial charge in [-0.3, -0.25) is 14.2 Å². The first kappa shape index (κ1) is 20.1. The van der Waals surface area contributed by atoms with E-state index in [0.29, 0.717) is 11.6 Å². The van der Waals surface area contributed by atoms with Crippen LogP contribution in [0.3, 0.4) is 0 Å². The lowest BCUT2D eigenvalue weighted by molar-refractivity contribution is -0.123. The van der Waals surface area contributed by atoms with Gasteiger partial charge >= 0.3 is 0 Å². The molecule has 1 unspecified atom stereocenters. The number of carbonyl (C=O) groups excluding carboxylic acids is 2. The zero-order valence-corrected chi connectivity index (χ0v) is 16.3. The molecule has 1 atom stereocenters. The second-order valence-electron chi connectivity index (χ2n) is 6.46. The highest BCUT2D eigenvalue weighted by Crippen LogP contribution is 2.20. The Bertz CT molecular complexity index is 954. The Morgan fingerprint density at radius 2 is 1.83 bits per heavy atom. The van der Waals surface area contributed by atoms with E-state index in [9.17, 15) is 9.59 Å². The molecule has 0 fully saturated rings. The summed E-state index contributed by atoms with van der Waals surface area (Å²) in [5.74, 6) is 0.912. The van der Waals surface area contributed by atoms with Crippen molar-refractivity contribution in [2.45, 2.75) is 25.9 Å². The molecule has 0 bridgehead atoms. The molecule has 0 radical (unpaired) electrons. The topological polar surface area (TPSA) is 98.1 Å². The molecule has 2 amide bonds. The summed E-state index contributed by atoms with van der Waals surface area (Å²) in [6.45, 7) is 1.65. The van der Waals surface area contributed by atoms with Gasteiger partial charge in [0.25, 0.3) is 0 Å². The minimum Gasteiger partial charge on any atom is -0.497 e. The van der Waals surface area contributed by atoms with Gasteiger partial charge in [0, 0.05) is 12.6 Å². The quantitative estimate of drug-likeness (QED) is 0.611. The number of ether oxygens (including phenoxy) is 1. The molecule has 0 spiro atoms. The van der Waals surface area contributed by atoms with Gasteiger partial charge < -0.3 is 15.4 Å². The van der Waals surface area contributed by atoms with Crippen LogP contribution in [0.25, 0.3) is 5.69 Å². The molecule has 8 nitrogen and oxygen atoms in total. The number of rotatable bonds is 8. The van der Waals surface area contributed by atoms with Crippen LogP contribution in [0.5, 0.6) is 5.75 Å². The third-order valence-corrected chi connectivity index (χ3v) is 4.38. The van der Waals surface area contributed by atoms with Crippen LogP contribution in [0, 0.1) is 0 Å². The summed E-state index contributed by atoms with van der Waals surface area (Å²) in [4.78, 5) is 24.1. The maximum absolute atomic E-state index is 12.5. The first-order chi connectivity index (χ1) is 14.1. The molecular formula is C21H23N5O3. The number of aromatic nitrogens is 3. The summed E-state index contributed by atoms with van der Waals surface area (Å²) >= 11 is 0. The van der Waals surface area contributed by atoms with Gasteiger partial charge in [-0.05, 0) is 29.8 Å². The van der Waals surface area contributed by atoms with Gasteiger partial charge in [-0.25, -0.2) is 0 Å². The van der Waals surface area contributed by atoms with Crippen LogP contribution in [0.15, 0.2) is 60.9 Å². The van der Waals surface area contributed by atoms with Crippen LogP contribution >= 0.6 is 0 Å². The lowest BCUT2D eigenvalue weighted by Crippen LogP contribution is -2.32. The Kier molecular flexibility index (Phi) is 6.57. The molecule has 150 valence electrons. The summed E-state index contributed by atoms with van der Waals surface area (Å²) in [6, 6.07) is 16.5. The average molecular weight is 393 g/mol. The number of benzene rings is 2. The van der Waals surface area contributed by atoms with Crippen LogP contribution in [-0.4, -0.2) is 33.7 Å². The third-order valence-electron chi connectivity index (χ3n) is 4.38. The van der Waals surface area contributed by atoms with Crippen LogP contribution in [0.4, 0.5) is 0 Å². The Balaban J connectivity index is 1.65. The molecule has 2 aromatic carbocycles. The molecule has 1 heterocycles. The molecular weight excluding hydrogens is 370 g/mol. The van der Waals surface area contributed by atoms with Crippen molar-refractivity contribution < 1.29 is 14.3 Å². The molecule has 29 heavy (non-hydrogen) atoms. The first-order valence-electron chi connectivity index (χ1n) is 9.19.